The molecule has 2 heterocycles. The van der Waals surface area contributed by atoms with Crippen molar-refractivity contribution in [3.63, 3.8) is 0 Å². The highest BCUT2D eigenvalue weighted by Gasteiger charge is 2.26. The maximum absolute atomic E-state index is 12.6. The summed E-state index contributed by atoms with van der Waals surface area (Å²) in [5.74, 6) is 1.19. The maximum Gasteiger partial charge on any atom is 0.243 e. The van der Waals surface area contributed by atoms with Crippen LogP contribution in [0.5, 0.6) is 11.5 Å². The van der Waals surface area contributed by atoms with Crippen LogP contribution >= 0.6 is 0 Å². The highest BCUT2D eigenvalue weighted by molar-refractivity contribution is 7.89. The molecule has 154 valence electrons. The second kappa shape index (κ2) is 8.42. The fraction of sp³-hybridized carbons (Fsp3) is 0.381. The highest BCUT2D eigenvalue weighted by Crippen LogP contribution is 2.32. The van der Waals surface area contributed by atoms with E-state index >= 15 is 0 Å². The summed E-state index contributed by atoms with van der Waals surface area (Å²) in [6.45, 7) is 2.19. The number of sulfonamides is 1. The molecule has 7 nitrogen and oxygen atoms in total. The predicted octanol–water partition coefficient (Wildman–Crippen LogP) is 2.81. The Hall–Kier alpha value is -2.58. The molecule has 8 heteroatoms. The van der Waals surface area contributed by atoms with E-state index in [1.165, 1.54) is 4.31 Å². The number of anilines is 1. The SMILES string of the molecule is O=C(CCc1ccc(S(=O)(=O)N2CCCC2)cc1)Nc1ccc2c(c1)OCCO2. The van der Waals surface area contributed by atoms with E-state index in [-0.39, 0.29) is 5.91 Å². The Morgan fingerprint density at radius 3 is 2.38 bits per heavy atom. The van der Waals surface area contributed by atoms with E-state index in [1.807, 2.05) is 0 Å². The van der Waals surface area contributed by atoms with Crippen LogP contribution in [0.15, 0.2) is 47.4 Å². The van der Waals surface area contributed by atoms with Crippen molar-refractivity contribution in [2.24, 2.45) is 0 Å². The lowest BCUT2D eigenvalue weighted by molar-refractivity contribution is -0.116. The van der Waals surface area contributed by atoms with Crippen molar-refractivity contribution in [3.8, 4) is 11.5 Å². The van der Waals surface area contributed by atoms with E-state index in [0.717, 1.165) is 18.4 Å². The van der Waals surface area contributed by atoms with Gasteiger partial charge in [0, 0.05) is 31.3 Å². The molecule has 2 aliphatic rings. The molecule has 0 saturated carbocycles. The maximum atomic E-state index is 12.6. The molecule has 0 atom stereocenters. The molecule has 0 radical (unpaired) electrons. The number of carbonyl (C=O) groups excluding carboxylic acids is 1. The van der Waals surface area contributed by atoms with Crippen molar-refractivity contribution in [1.82, 2.24) is 4.31 Å². The number of hydrogen-bond donors (Lipinski definition) is 1. The summed E-state index contributed by atoms with van der Waals surface area (Å²) in [5.41, 5.74) is 1.58. The molecule has 1 fully saturated rings. The smallest absolute Gasteiger partial charge is 0.243 e. The molecule has 2 aromatic carbocycles. The van der Waals surface area contributed by atoms with Crippen LogP contribution in [0.1, 0.15) is 24.8 Å². The van der Waals surface area contributed by atoms with Gasteiger partial charge in [-0.3, -0.25) is 4.79 Å². The molecule has 0 bridgehead atoms. The Morgan fingerprint density at radius 1 is 0.966 bits per heavy atom. The van der Waals surface area contributed by atoms with Gasteiger partial charge in [-0.05, 0) is 49.1 Å². The number of rotatable bonds is 6. The predicted molar refractivity (Wildman–Crippen MR) is 109 cm³/mol. The van der Waals surface area contributed by atoms with Gasteiger partial charge in [0.15, 0.2) is 11.5 Å². The fourth-order valence-corrected chi connectivity index (χ4v) is 5.03. The average Bonchev–Trinajstić information content (AvgIpc) is 3.28. The second-order valence-electron chi connectivity index (χ2n) is 7.16. The molecule has 1 N–H and O–H groups in total. The molecule has 0 aliphatic carbocycles. The minimum absolute atomic E-state index is 0.115. The zero-order chi connectivity index (χ0) is 20.3. The van der Waals surface area contributed by atoms with Crippen LogP contribution in [0.3, 0.4) is 0 Å². The highest BCUT2D eigenvalue weighted by atomic mass is 32.2. The lowest BCUT2D eigenvalue weighted by atomic mass is 10.1. The first kappa shape index (κ1) is 19.7. The lowest BCUT2D eigenvalue weighted by Crippen LogP contribution is -2.27. The number of benzene rings is 2. The van der Waals surface area contributed by atoms with E-state index in [4.69, 9.17) is 9.47 Å². The number of nitrogens with one attached hydrogen (secondary N) is 1. The fourth-order valence-electron chi connectivity index (χ4n) is 3.51. The van der Waals surface area contributed by atoms with Crippen molar-refractivity contribution < 1.29 is 22.7 Å². The summed E-state index contributed by atoms with van der Waals surface area (Å²) in [5, 5.41) is 2.86. The standard InChI is InChI=1S/C21H24N2O5S/c24-21(22-17-6-9-19-20(15-17)28-14-13-27-19)10-5-16-3-7-18(8-4-16)29(25,26)23-11-1-2-12-23/h3-4,6-9,15H,1-2,5,10-14H2,(H,22,24). The molecular formula is C21H24N2O5S. The van der Waals surface area contributed by atoms with Crippen molar-refractivity contribution in [2.75, 3.05) is 31.6 Å². The van der Waals surface area contributed by atoms with Crippen molar-refractivity contribution in [1.29, 1.82) is 0 Å². The van der Waals surface area contributed by atoms with E-state index in [0.29, 0.717) is 61.2 Å². The lowest BCUT2D eigenvalue weighted by Gasteiger charge is -2.19. The van der Waals surface area contributed by atoms with Crippen LogP contribution in [-0.2, 0) is 21.2 Å². The molecule has 1 amide bonds. The third kappa shape index (κ3) is 4.54. The van der Waals surface area contributed by atoms with E-state index in [2.05, 4.69) is 5.32 Å². The average molecular weight is 416 g/mol. The zero-order valence-electron chi connectivity index (χ0n) is 16.1. The molecule has 2 aromatic rings. The third-order valence-electron chi connectivity index (χ3n) is 5.09. The molecule has 0 spiro atoms. The van der Waals surface area contributed by atoms with E-state index in [9.17, 15) is 13.2 Å². The van der Waals surface area contributed by atoms with E-state index < -0.39 is 10.0 Å². The van der Waals surface area contributed by atoms with Crippen LogP contribution in [0.25, 0.3) is 0 Å². The first-order valence-corrected chi connectivity index (χ1v) is 11.2. The summed E-state index contributed by atoms with van der Waals surface area (Å²) in [6, 6.07) is 12.1. The number of aryl methyl sites for hydroxylation is 1. The van der Waals surface area contributed by atoms with Gasteiger partial charge in [0.1, 0.15) is 13.2 Å². The van der Waals surface area contributed by atoms with Crippen LogP contribution in [0.4, 0.5) is 5.69 Å². The molecular weight excluding hydrogens is 392 g/mol. The molecule has 0 aromatic heterocycles. The van der Waals surface area contributed by atoms with Crippen LogP contribution in [-0.4, -0.2) is 44.9 Å². The molecule has 0 unspecified atom stereocenters. The number of ether oxygens (including phenoxy) is 2. The summed E-state index contributed by atoms with van der Waals surface area (Å²) >= 11 is 0. The Balaban J connectivity index is 1.32. The topological polar surface area (TPSA) is 84.9 Å². The number of carbonyl (C=O) groups is 1. The third-order valence-corrected chi connectivity index (χ3v) is 7.01. The van der Waals surface area contributed by atoms with Crippen molar-refractivity contribution >= 4 is 21.6 Å². The van der Waals surface area contributed by atoms with Crippen LogP contribution in [0.2, 0.25) is 0 Å². The first-order chi connectivity index (χ1) is 14.0. The Kier molecular flexibility index (Phi) is 5.73. The van der Waals surface area contributed by atoms with Crippen molar-refractivity contribution in [3.05, 3.63) is 48.0 Å². The van der Waals surface area contributed by atoms with Crippen LogP contribution in [0, 0.1) is 0 Å². The second-order valence-corrected chi connectivity index (χ2v) is 9.10. The number of amides is 1. The van der Waals surface area contributed by atoms with Gasteiger partial charge in [-0.1, -0.05) is 12.1 Å². The quantitative estimate of drug-likeness (QED) is 0.783. The minimum Gasteiger partial charge on any atom is -0.486 e. The van der Waals surface area contributed by atoms with Gasteiger partial charge in [0.2, 0.25) is 15.9 Å². The zero-order valence-corrected chi connectivity index (χ0v) is 16.9. The molecule has 4 rings (SSSR count). The Bertz CT molecular complexity index is 983. The van der Waals surface area contributed by atoms with Crippen molar-refractivity contribution in [2.45, 2.75) is 30.6 Å². The largest absolute Gasteiger partial charge is 0.486 e. The minimum atomic E-state index is -3.40. The summed E-state index contributed by atoms with van der Waals surface area (Å²) < 4.78 is 37.6. The summed E-state index contributed by atoms with van der Waals surface area (Å²) in [4.78, 5) is 12.6. The van der Waals surface area contributed by atoms with Gasteiger partial charge in [-0.15, -0.1) is 0 Å². The van der Waals surface area contributed by atoms with Crippen LogP contribution < -0.4 is 14.8 Å². The van der Waals surface area contributed by atoms with Gasteiger partial charge in [0.25, 0.3) is 0 Å². The number of hydrogen-bond acceptors (Lipinski definition) is 5. The number of nitrogens with zero attached hydrogens (tertiary/aromatic N) is 1. The molecule has 1 saturated heterocycles. The monoisotopic (exact) mass is 416 g/mol. The molecule has 29 heavy (non-hydrogen) atoms. The number of fused-ring (bicyclic) bond motifs is 1. The molecule has 2 aliphatic heterocycles. The van der Waals surface area contributed by atoms with Gasteiger partial charge >= 0.3 is 0 Å². The summed E-state index contributed by atoms with van der Waals surface area (Å²) in [7, 11) is -3.40. The summed E-state index contributed by atoms with van der Waals surface area (Å²) in [6.07, 6.45) is 2.65. The van der Waals surface area contributed by atoms with Gasteiger partial charge in [0.05, 0.1) is 4.90 Å². The first-order valence-electron chi connectivity index (χ1n) is 9.81. The van der Waals surface area contributed by atoms with E-state index in [1.54, 1.807) is 42.5 Å². The Morgan fingerprint density at radius 2 is 1.66 bits per heavy atom. The Labute approximate surface area is 170 Å². The van der Waals surface area contributed by atoms with Gasteiger partial charge in [-0.2, -0.15) is 4.31 Å². The normalized spacial score (nSPS) is 16.6. The van der Waals surface area contributed by atoms with Gasteiger partial charge in [-0.25, -0.2) is 8.42 Å². The van der Waals surface area contributed by atoms with Gasteiger partial charge < -0.3 is 14.8 Å².